The number of ether oxygens (including phenoxy) is 1. The van der Waals surface area contributed by atoms with Crippen LogP contribution in [0, 0.1) is 0 Å². The molecule has 0 aromatic carbocycles. The van der Waals surface area contributed by atoms with E-state index < -0.39 is 0 Å². The molecule has 0 aliphatic carbocycles. The van der Waals surface area contributed by atoms with Crippen LogP contribution in [0.2, 0.25) is 0 Å². The predicted molar refractivity (Wildman–Crippen MR) is 73.4 cm³/mol. The van der Waals surface area contributed by atoms with Crippen LogP contribution in [0.4, 0.5) is 0 Å². The number of imidazole rings is 1. The van der Waals surface area contributed by atoms with Gasteiger partial charge in [0.25, 0.3) is 0 Å². The first kappa shape index (κ1) is 13.1. The summed E-state index contributed by atoms with van der Waals surface area (Å²) in [6, 6.07) is 2.02. The van der Waals surface area contributed by atoms with Gasteiger partial charge in [-0.15, -0.1) is 0 Å². The van der Waals surface area contributed by atoms with Crippen molar-refractivity contribution in [1.82, 2.24) is 19.3 Å². The molecular weight excluding hydrogens is 256 g/mol. The van der Waals surface area contributed by atoms with Crippen LogP contribution in [0.5, 0.6) is 0 Å². The SMILES string of the molecule is COCC(=O)N1CCCC(c2ccnc3nccn23)C1. The third-order valence-electron chi connectivity index (χ3n) is 3.79. The van der Waals surface area contributed by atoms with Crippen LogP contribution in [0.25, 0.3) is 5.78 Å². The number of piperidine rings is 1. The zero-order valence-electron chi connectivity index (χ0n) is 11.5. The lowest BCUT2D eigenvalue weighted by atomic mass is 9.94. The first-order chi connectivity index (χ1) is 9.79. The summed E-state index contributed by atoms with van der Waals surface area (Å²) >= 11 is 0. The maximum atomic E-state index is 12.0. The number of hydrogen-bond donors (Lipinski definition) is 0. The fraction of sp³-hybridized carbons (Fsp3) is 0.500. The average Bonchev–Trinajstić information content (AvgIpc) is 2.96. The van der Waals surface area contributed by atoms with Crippen LogP contribution in [0.15, 0.2) is 24.7 Å². The molecule has 1 aliphatic heterocycles. The molecule has 0 radical (unpaired) electrons. The minimum absolute atomic E-state index is 0.0631. The van der Waals surface area contributed by atoms with Crippen molar-refractivity contribution in [3.05, 3.63) is 30.4 Å². The van der Waals surface area contributed by atoms with Gasteiger partial charge in [-0.1, -0.05) is 0 Å². The highest BCUT2D eigenvalue weighted by Gasteiger charge is 2.26. The van der Waals surface area contributed by atoms with Crippen LogP contribution in [0.3, 0.4) is 0 Å². The fourth-order valence-electron chi connectivity index (χ4n) is 2.85. The number of carbonyl (C=O) groups is 1. The van der Waals surface area contributed by atoms with Gasteiger partial charge in [0, 0.05) is 50.4 Å². The molecule has 6 heteroatoms. The van der Waals surface area contributed by atoms with E-state index in [4.69, 9.17) is 4.74 Å². The minimum atomic E-state index is 0.0631. The molecule has 0 spiro atoms. The van der Waals surface area contributed by atoms with Crippen molar-refractivity contribution in [1.29, 1.82) is 0 Å². The van der Waals surface area contributed by atoms with Gasteiger partial charge in [0.2, 0.25) is 11.7 Å². The number of fused-ring (bicyclic) bond motifs is 1. The van der Waals surface area contributed by atoms with Gasteiger partial charge in [-0.2, -0.15) is 0 Å². The molecule has 3 rings (SSSR count). The lowest BCUT2D eigenvalue weighted by Crippen LogP contribution is -2.41. The smallest absolute Gasteiger partial charge is 0.248 e. The summed E-state index contributed by atoms with van der Waals surface area (Å²) < 4.78 is 6.95. The van der Waals surface area contributed by atoms with Gasteiger partial charge in [0.15, 0.2) is 0 Å². The maximum absolute atomic E-state index is 12.0. The Bertz CT molecular complexity index is 610. The number of amides is 1. The molecule has 1 unspecified atom stereocenters. The van der Waals surface area contributed by atoms with E-state index in [1.807, 2.05) is 21.6 Å². The molecule has 1 saturated heterocycles. The van der Waals surface area contributed by atoms with Crippen molar-refractivity contribution in [3.8, 4) is 0 Å². The molecule has 2 aromatic rings. The number of rotatable bonds is 3. The molecule has 1 aliphatic rings. The molecule has 20 heavy (non-hydrogen) atoms. The summed E-state index contributed by atoms with van der Waals surface area (Å²) in [6.07, 6.45) is 7.55. The molecule has 0 bridgehead atoms. The zero-order chi connectivity index (χ0) is 13.9. The van der Waals surface area contributed by atoms with Gasteiger partial charge in [0.1, 0.15) is 6.61 Å². The number of nitrogens with zero attached hydrogens (tertiary/aromatic N) is 4. The fourth-order valence-corrected chi connectivity index (χ4v) is 2.85. The van der Waals surface area contributed by atoms with Gasteiger partial charge in [0.05, 0.1) is 0 Å². The Hall–Kier alpha value is -1.95. The molecule has 0 saturated carbocycles. The van der Waals surface area contributed by atoms with Gasteiger partial charge in [-0.25, -0.2) is 9.97 Å². The van der Waals surface area contributed by atoms with Crippen molar-refractivity contribution in [2.75, 3.05) is 26.8 Å². The number of aromatic nitrogens is 3. The summed E-state index contributed by atoms with van der Waals surface area (Å²) in [5, 5.41) is 0. The summed E-state index contributed by atoms with van der Waals surface area (Å²) in [5.41, 5.74) is 1.17. The Morgan fingerprint density at radius 1 is 1.45 bits per heavy atom. The molecule has 3 heterocycles. The third-order valence-corrected chi connectivity index (χ3v) is 3.79. The van der Waals surface area contributed by atoms with Crippen molar-refractivity contribution in [3.63, 3.8) is 0 Å². The molecule has 1 atom stereocenters. The van der Waals surface area contributed by atoms with E-state index >= 15 is 0 Å². The standard InChI is InChI=1S/C14H18N4O2/c1-20-10-13(19)17-7-2-3-11(9-17)12-4-5-15-14-16-6-8-18(12)14/h4-6,8,11H,2-3,7,9-10H2,1H3. The summed E-state index contributed by atoms with van der Waals surface area (Å²) in [5.74, 6) is 1.10. The third kappa shape index (κ3) is 2.38. The molecule has 1 fully saturated rings. The Morgan fingerprint density at radius 2 is 2.30 bits per heavy atom. The molecule has 106 valence electrons. The normalized spacial score (nSPS) is 19.4. The highest BCUT2D eigenvalue weighted by molar-refractivity contribution is 5.77. The highest BCUT2D eigenvalue weighted by Crippen LogP contribution is 2.26. The largest absolute Gasteiger partial charge is 0.375 e. The molecule has 0 N–H and O–H groups in total. The second-order valence-electron chi connectivity index (χ2n) is 5.08. The highest BCUT2D eigenvalue weighted by atomic mass is 16.5. The van der Waals surface area contributed by atoms with E-state index in [1.165, 1.54) is 5.69 Å². The van der Waals surface area contributed by atoms with E-state index in [2.05, 4.69) is 9.97 Å². The Balaban J connectivity index is 1.83. The second kappa shape index (κ2) is 5.58. The number of methoxy groups -OCH3 is 1. The second-order valence-corrected chi connectivity index (χ2v) is 5.08. The lowest BCUT2D eigenvalue weighted by Gasteiger charge is -2.33. The molecule has 1 amide bonds. The van der Waals surface area contributed by atoms with E-state index in [9.17, 15) is 4.79 Å². The first-order valence-electron chi connectivity index (χ1n) is 6.84. The minimum Gasteiger partial charge on any atom is -0.375 e. The number of likely N-dealkylation sites (tertiary alicyclic amines) is 1. The van der Waals surface area contributed by atoms with Crippen molar-refractivity contribution in [2.24, 2.45) is 0 Å². The quantitative estimate of drug-likeness (QED) is 0.840. The van der Waals surface area contributed by atoms with Crippen LogP contribution in [-0.4, -0.2) is 52.0 Å². The zero-order valence-corrected chi connectivity index (χ0v) is 11.5. The van der Waals surface area contributed by atoms with Gasteiger partial charge >= 0.3 is 0 Å². The predicted octanol–water partition coefficient (Wildman–Crippen LogP) is 1.08. The Morgan fingerprint density at radius 3 is 3.15 bits per heavy atom. The van der Waals surface area contributed by atoms with E-state index in [0.717, 1.165) is 25.9 Å². The van der Waals surface area contributed by atoms with Crippen LogP contribution >= 0.6 is 0 Å². The molecule has 2 aromatic heterocycles. The van der Waals surface area contributed by atoms with E-state index in [0.29, 0.717) is 11.7 Å². The average molecular weight is 274 g/mol. The van der Waals surface area contributed by atoms with Crippen LogP contribution in [0.1, 0.15) is 24.5 Å². The Kier molecular flexibility index (Phi) is 3.64. The van der Waals surface area contributed by atoms with Crippen LogP contribution < -0.4 is 0 Å². The van der Waals surface area contributed by atoms with Crippen LogP contribution in [-0.2, 0) is 9.53 Å². The van der Waals surface area contributed by atoms with Crippen molar-refractivity contribution in [2.45, 2.75) is 18.8 Å². The summed E-state index contributed by atoms with van der Waals surface area (Å²) in [6.45, 7) is 1.71. The maximum Gasteiger partial charge on any atom is 0.248 e. The molecular formula is C14H18N4O2. The summed E-state index contributed by atoms with van der Waals surface area (Å²) in [7, 11) is 1.55. The lowest BCUT2D eigenvalue weighted by molar-refractivity contribution is -0.136. The van der Waals surface area contributed by atoms with E-state index in [-0.39, 0.29) is 12.5 Å². The first-order valence-corrected chi connectivity index (χ1v) is 6.84. The van der Waals surface area contributed by atoms with Gasteiger partial charge in [-0.3, -0.25) is 9.20 Å². The van der Waals surface area contributed by atoms with Crippen molar-refractivity contribution < 1.29 is 9.53 Å². The number of hydrogen-bond acceptors (Lipinski definition) is 4. The topological polar surface area (TPSA) is 59.7 Å². The van der Waals surface area contributed by atoms with Gasteiger partial charge < -0.3 is 9.64 Å². The van der Waals surface area contributed by atoms with E-state index in [1.54, 1.807) is 19.5 Å². The van der Waals surface area contributed by atoms with Crippen molar-refractivity contribution >= 4 is 11.7 Å². The molecule has 6 nitrogen and oxygen atoms in total. The Labute approximate surface area is 117 Å². The number of carbonyl (C=O) groups excluding carboxylic acids is 1. The monoisotopic (exact) mass is 274 g/mol. The summed E-state index contributed by atoms with van der Waals surface area (Å²) in [4.78, 5) is 22.3. The van der Waals surface area contributed by atoms with Gasteiger partial charge in [-0.05, 0) is 18.9 Å².